The lowest BCUT2D eigenvalue weighted by molar-refractivity contribution is -0.0675. The molecular weight excluding hydrogens is 354 g/mol. The molecule has 1 aromatic rings. The van der Waals surface area contributed by atoms with Gasteiger partial charge in [0.2, 0.25) is 0 Å². The number of hydrogen-bond acceptors (Lipinski definition) is 3. The Balaban J connectivity index is 1.96. The highest BCUT2D eigenvalue weighted by molar-refractivity contribution is 9.10. The fraction of sp³-hybridized carbons (Fsp3) is 0.636. The van der Waals surface area contributed by atoms with Crippen molar-refractivity contribution < 1.29 is 4.74 Å². The number of morpholine rings is 1. The summed E-state index contributed by atoms with van der Waals surface area (Å²) in [5.74, 6) is 0. The molecule has 2 atom stereocenters. The minimum absolute atomic E-state index is 0.322. The molecule has 0 spiro atoms. The first-order valence-electron chi connectivity index (χ1n) is 5.34. The van der Waals surface area contributed by atoms with Gasteiger partial charge in [-0.05, 0) is 34.3 Å². The molecule has 1 aromatic heterocycles. The van der Waals surface area contributed by atoms with Crippen molar-refractivity contribution in [2.75, 3.05) is 18.4 Å². The number of ether oxygens (including phenoxy) is 1. The normalized spacial score (nSPS) is 27.2. The van der Waals surface area contributed by atoms with Gasteiger partial charge in [-0.15, -0.1) is 11.3 Å². The fourth-order valence-electron chi connectivity index (χ4n) is 2.00. The molecule has 0 amide bonds. The first-order valence-corrected chi connectivity index (χ1v) is 8.14. The van der Waals surface area contributed by atoms with Gasteiger partial charge in [-0.25, -0.2) is 0 Å². The lowest BCUT2D eigenvalue weighted by Gasteiger charge is -2.36. The van der Waals surface area contributed by atoms with E-state index in [1.54, 1.807) is 0 Å². The van der Waals surface area contributed by atoms with Gasteiger partial charge in [-0.2, -0.15) is 0 Å². The lowest BCUT2D eigenvalue weighted by Crippen LogP contribution is -2.46. The molecule has 0 saturated carbocycles. The molecule has 1 aliphatic heterocycles. The minimum Gasteiger partial charge on any atom is -0.372 e. The van der Waals surface area contributed by atoms with Gasteiger partial charge in [-0.3, -0.25) is 4.90 Å². The maximum atomic E-state index is 5.82. The Labute approximate surface area is 117 Å². The topological polar surface area (TPSA) is 12.5 Å². The summed E-state index contributed by atoms with van der Waals surface area (Å²) < 4.78 is 7.05. The average Bonchev–Trinajstić information content (AvgIpc) is 2.63. The molecule has 0 radical (unpaired) electrons. The van der Waals surface area contributed by atoms with Crippen LogP contribution in [0.1, 0.15) is 11.8 Å². The Morgan fingerprint density at radius 3 is 3.00 bits per heavy atom. The second kappa shape index (κ2) is 5.96. The summed E-state index contributed by atoms with van der Waals surface area (Å²) in [5.41, 5.74) is 0. The molecule has 0 aromatic carbocycles. The van der Waals surface area contributed by atoms with Gasteiger partial charge in [0, 0.05) is 34.3 Å². The van der Waals surface area contributed by atoms with Gasteiger partial charge < -0.3 is 4.74 Å². The van der Waals surface area contributed by atoms with Crippen molar-refractivity contribution >= 4 is 43.2 Å². The smallest absolute Gasteiger partial charge is 0.0802 e. The highest BCUT2D eigenvalue weighted by Gasteiger charge is 2.24. The zero-order valence-electron chi connectivity index (χ0n) is 9.16. The van der Waals surface area contributed by atoms with Crippen molar-refractivity contribution in [2.45, 2.75) is 25.7 Å². The summed E-state index contributed by atoms with van der Waals surface area (Å²) >= 11 is 8.90. The molecule has 0 N–H and O–H groups in total. The van der Waals surface area contributed by atoms with Crippen LogP contribution in [-0.2, 0) is 11.3 Å². The quantitative estimate of drug-likeness (QED) is 0.757. The molecule has 2 heterocycles. The van der Waals surface area contributed by atoms with Crippen LogP contribution in [0, 0.1) is 0 Å². The number of nitrogens with zero attached hydrogens (tertiary/aromatic N) is 1. The van der Waals surface area contributed by atoms with Crippen molar-refractivity contribution in [3.05, 3.63) is 20.8 Å². The summed E-state index contributed by atoms with van der Waals surface area (Å²) in [7, 11) is 0. The van der Waals surface area contributed by atoms with Crippen LogP contribution < -0.4 is 0 Å². The Kier molecular flexibility index (Phi) is 4.85. The zero-order valence-corrected chi connectivity index (χ0v) is 13.1. The first-order chi connectivity index (χ1) is 7.69. The van der Waals surface area contributed by atoms with Gasteiger partial charge in [0.1, 0.15) is 0 Å². The third-order valence-corrected chi connectivity index (χ3v) is 5.27. The second-order valence-electron chi connectivity index (χ2n) is 4.11. The zero-order chi connectivity index (χ0) is 11.5. The minimum atomic E-state index is 0.322. The van der Waals surface area contributed by atoms with E-state index < -0.39 is 0 Å². The predicted molar refractivity (Wildman–Crippen MR) is 75.4 cm³/mol. The van der Waals surface area contributed by atoms with Crippen LogP contribution in [0.25, 0.3) is 0 Å². The molecule has 16 heavy (non-hydrogen) atoms. The third kappa shape index (κ3) is 3.29. The first kappa shape index (κ1) is 13.0. The number of alkyl halides is 1. The van der Waals surface area contributed by atoms with E-state index in [-0.39, 0.29) is 0 Å². The molecule has 5 heteroatoms. The molecule has 1 aliphatic rings. The number of rotatable bonds is 3. The maximum Gasteiger partial charge on any atom is 0.0802 e. The van der Waals surface area contributed by atoms with Gasteiger partial charge in [0.05, 0.1) is 12.2 Å². The Morgan fingerprint density at radius 1 is 1.56 bits per heavy atom. The number of halogens is 2. The Morgan fingerprint density at radius 2 is 2.38 bits per heavy atom. The predicted octanol–water partition coefficient (Wildman–Crippen LogP) is 3.49. The largest absolute Gasteiger partial charge is 0.372 e. The van der Waals surface area contributed by atoms with Gasteiger partial charge >= 0.3 is 0 Å². The lowest BCUT2D eigenvalue weighted by atomic mass is 10.2. The molecule has 2 nitrogen and oxygen atoms in total. The Bertz CT molecular complexity index is 344. The van der Waals surface area contributed by atoms with Crippen molar-refractivity contribution in [3.63, 3.8) is 0 Å². The molecule has 2 rings (SSSR count). The van der Waals surface area contributed by atoms with E-state index in [0.29, 0.717) is 12.2 Å². The van der Waals surface area contributed by atoms with Crippen molar-refractivity contribution in [2.24, 2.45) is 0 Å². The molecular formula is C11H15Br2NOS. The maximum absolute atomic E-state index is 5.82. The van der Waals surface area contributed by atoms with Gasteiger partial charge in [-0.1, -0.05) is 15.9 Å². The number of hydrogen-bond donors (Lipinski definition) is 0. The summed E-state index contributed by atoms with van der Waals surface area (Å²) in [6, 6.07) is 2.12. The van der Waals surface area contributed by atoms with E-state index >= 15 is 0 Å². The summed E-state index contributed by atoms with van der Waals surface area (Å²) in [4.78, 5) is 3.87. The van der Waals surface area contributed by atoms with E-state index in [4.69, 9.17) is 4.74 Å². The third-order valence-electron chi connectivity index (χ3n) is 2.63. The summed E-state index contributed by atoms with van der Waals surface area (Å²) in [6.45, 7) is 5.20. The van der Waals surface area contributed by atoms with E-state index in [2.05, 4.69) is 55.1 Å². The summed E-state index contributed by atoms with van der Waals surface area (Å²) in [6.07, 6.45) is 0.650. The fourth-order valence-corrected chi connectivity index (χ4v) is 3.87. The van der Waals surface area contributed by atoms with Crippen LogP contribution >= 0.6 is 43.2 Å². The van der Waals surface area contributed by atoms with Crippen LogP contribution in [0.2, 0.25) is 0 Å². The van der Waals surface area contributed by atoms with Gasteiger partial charge in [0.25, 0.3) is 0 Å². The van der Waals surface area contributed by atoms with E-state index in [1.165, 1.54) is 9.35 Å². The average molecular weight is 369 g/mol. The van der Waals surface area contributed by atoms with Crippen molar-refractivity contribution in [1.82, 2.24) is 4.90 Å². The van der Waals surface area contributed by atoms with Crippen LogP contribution in [0.4, 0.5) is 0 Å². The SMILES string of the molecule is CC1CN(Cc2sccc2Br)CC(CBr)O1. The molecule has 2 unspecified atom stereocenters. The standard InChI is InChI=1S/C11H15Br2NOS/c1-8-5-14(6-9(4-12)15-8)7-11-10(13)2-3-16-11/h2-3,8-9H,4-7H2,1H3. The number of thiophene rings is 1. The van der Waals surface area contributed by atoms with Crippen molar-refractivity contribution in [3.8, 4) is 0 Å². The molecule has 1 fully saturated rings. The molecule has 0 aliphatic carbocycles. The van der Waals surface area contributed by atoms with Crippen molar-refractivity contribution in [1.29, 1.82) is 0 Å². The van der Waals surface area contributed by atoms with E-state index in [0.717, 1.165) is 25.0 Å². The molecule has 90 valence electrons. The second-order valence-corrected chi connectivity index (χ2v) is 6.61. The molecule has 0 bridgehead atoms. The van der Waals surface area contributed by atoms with Crippen LogP contribution in [0.15, 0.2) is 15.9 Å². The summed E-state index contributed by atoms with van der Waals surface area (Å²) in [5, 5.41) is 3.05. The highest BCUT2D eigenvalue weighted by atomic mass is 79.9. The van der Waals surface area contributed by atoms with Crippen LogP contribution in [0.3, 0.4) is 0 Å². The van der Waals surface area contributed by atoms with E-state index in [9.17, 15) is 0 Å². The molecule has 1 saturated heterocycles. The van der Waals surface area contributed by atoms with E-state index in [1.807, 2.05) is 11.3 Å². The Hall–Kier alpha value is 0.580. The van der Waals surface area contributed by atoms with Crippen LogP contribution in [0.5, 0.6) is 0 Å². The van der Waals surface area contributed by atoms with Crippen LogP contribution in [-0.4, -0.2) is 35.5 Å². The van der Waals surface area contributed by atoms with Gasteiger partial charge in [0.15, 0.2) is 0 Å². The monoisotopic (exact) mass is 367 g/mol. The highest BCUT2D eigenvalue weighted by Crippen LogP contribution is 2.25.